The Labute approximate surface area is 84.1 Å². The molecule has 80 valence electrons. The molecule has 0 aliphatic carbocycles. The van der Waals surface area contributed by atoms with E-state index in [-0.39, 0.29) is 0 Å². The summed E-state index contributed by atoms with van der Waals surface area (Å²) in [5.41, 5.74) is 0.737. The number of aryl methyl sites for hydroxylation is 1. The van der Waals surface area contributed by atoms with Crippen molar-refractivity contribution in [2.45, 2.75) is 20.0 Å². The van der Waals surface area contributed by atoms with Crippen molar-refractivity contribution in [1.29, 1.82) is 0 Å². The number of hydrogen-bond acceptors (Lipinski definition) is 4. The van der Waals surface area contributed by atoms with Crippen molar-refractivity contribution in [2.75, 3.05) is 13.1 Å². The molecule has 1 rings (SSSR count). The van der Waals surface area contributed by atoms with Crippen molar-refractivity contribution in [2.24, 2.45) is 13.0 Å². The number of hydrogen-bond donors (Lipinski definition) is 2. The fraction of sp³-hybridized carbons (Fsp3) is 0.778. The summed E-state index contributed by atoms with van der Waals surface area (Å²) in [6.07, 6.45) is 1.05. The number of aromatic nitrogens is 3. The maximum absolute atomic E-state index is 9.74. The zero-order chi connectivity index (χ0) is 10.6. The Kier molecular flexibility index (Phi) is 4.03. The van der Waals surface area contributed by atoms with Gasteiger partial charge in [0.05, 0.1) is 11.9 Å². The highest BCUT2D eigenvalue weighted by Gasteiger charge is 2.11. The van der Waals surface area contributed by atoms with Crippen LogP contribution in [-0.4, -0.2) is 33.2 Å². The largest absolute Gasteiger partial charge is 0.385 e. The lowest BCUT2D eigenvalue weighted by molar-refractivity contribution is 0.164. The summed E-state index contributed by atoms with van der Waals surface area (Å²) in [5, 5.41) is 20.4. The minimum Gasteiger partial charge on any atom is -0.385 e. The van der Waals surface area contributed by atoms with Gasteiger partial charge in [-0.05, 0) is 12.5 Å². The lowest BCUT2D eigenvalue weighted by Gasteiger charge is -2.12. The summed E-state index contributed by atoms with van der Waals surface area (Å²) in [7, 11) is 1.77. The van der Waals surface area contributed by atoms with Crippen molar-refractivity contribution < 1.29 is 5.11 Å². The highest BCUT2D eigenvalue weighted by molar-refractivity contribution is 4.98. The van der Waals surface area contributed by atoms with Gasteiger partial charge in [0.25, 0.3) is 0 Å². The predicted molar refractivity (Wildman–Crippen MR) is 53.7 cm³/mol. The standard InChI is InChI=1S/C9H18N4O/c1-7(2)4-10-6-9(14)8-5-11-12-13(8)3/h5,7,9-10,14H,4,6H2,1-3H3. The first-order valence-electron chi connectivity index (χ1n) is 4.84. The van der Waals surface area contributed by atoms with Crippen LogP contribution in [-0.2, 0) is 7.05 Å². The Morgan fingerprint density at radius 3 is 2.71 bits per heavy atom. The molecule has 1 aromatic heterocycles. The highest BCUT2D eigenvalue weighted by Crippen LogP contribution is 2.07. The average molecular weight is 198 g/mol. The molecule has 1 atom stereocenters. The number of nitrogens with one attached hydrogen (secondary N) is 1. The van der Waals surface area contributed by atoms with Crippen molar-refractivity contribution in [3.05, 3.63) is 11.9 Å². The van der Waals surface area contributed by atoms with Gasteiger partial charge in [-0.15, -0.1) is 5.10 Å². The molecule has 14 heavy (non-hydrogen) atoms. The average Bonchev–Trinajstić information content (AvgIpc) is 2.50. The van der Waals surface area contributed by atoms with E-state index in [9.17, 15) is 5.11 Å². The van der Waals surface area contributed by atoms with E-state index in [4.69, 9.17) is 0 Å². The molecule has 5 nitrogen and oxygen atoms in total. The molecule has 1 aromatic rings. The van der Waals surface area contributed by atoms with Gasteiger partial charge in [-0.25, -0.2) is 4.68 Å². The van der Waals surface area contributed by atoms with Gasteiger partial charge < -0.3 is 10.4 Å². The van der Waals surface area contributed by atoms with Gasteiger partial charge in [-0.1, -0.05) is 19.1 Å². The first-order chi connectivity index (χ1) is 6.61. The van der Waals surface area contributed by atoms with Crippen LogP contribution >= 0.6 is 0 Å². The zero-order valence-corrected chi connectivity index (χ0v) is 8.94. The molecule has 0 amide bonds. The summed E-state index contributed by atoms with van der Waals surface area (Å²) < 4.78 is 1.59. The van der Waals surface area contributed by atoms with E-state index in [2.05, 4.69) is 29.5 Å². The predicted octanol–water partition coefficient (Wildman–Crippen LogP) is 0.0941. The van der Waals surface area contributed by atoms with Gasteiger partial charge in [0.2, 0.25) is 0 Å². The molecule has 0 saturated carbocycles. The molecule has 5 heteroatoms. The number of rotatable bonds is 5. The van der Waals surface area contributed by atoms with E-state index in [1.165, 1.54) is 0 Å². The molecule has 1 heterocycles. The van der Waals surface area contributed by atoms with Crippen LogP contribution in [0.5, 0.6) is 0 Å². The third-order valence-corrected chi connectivity index (χ3v) is 1.98. The molecule has 0 aliphatic heterocycles. The van der Waals surface area contributed by atoms with Gasteiger partial charge in [0.1, 0.15) is 6.10 Å². The normalized spacial score (nSPS) is 13.5. The number of nitrogens with zero attached hydrogens (tertiary/aromatic N) is 3. The van der Waals surface area contributed by atoms with Crippen LogP contribution in [0.3, 0.4) is 0 Å². The van der Waals surface area contributed by atoms with Crippen LogP contribution in [0.2, 0.25) is 0 Å². The van der Waals surface area contributed by atoms with Crippen molar-refractivity contribution in [3.8, 4) is 0 Å². The van der Waals surface area contributed by atoms with E-state index < -0.39 is 6.10 Å². The Morgan fingerprint density at radius 2 is 2.21 bits per heavy atom. The van der Waals surface area contributed by atoms with Crippen molar-refractivity contribution >= 4 is 0 Å². The summed E-state index contributed by atoms with van der Waals surface area (Å²) in [4.78, 5) is 0. The second-order valence-corrected chi connectivity index (χ2v) is 3.85. The summed E-state index contributed by atoms with van der Waals surface area (Å²) in [6.45, 7) is 5.71. The minimum atomic E-state index is -0.534. The molecule has 0 fully saturated rings. The van der Waals surface area contributed by atoms with Crippen LogP contribution in [0.4, 0.5) is 0 Å². The fourth-order valence-corrected chi connectivity index (χ4v) is 1.21. The van der Waals surface area contributed by atoms with E-state index in [1.54, 1.807) is 17.9 Å². The van der Waals surface area contributed by atoms with Gasteiger partial charge in [-0.2, -0.15) is 0 Å². The number of aliphatic hydroxyl groups is 1. The lowest BCUT2D eigenvalue weighted by Crippen LogP contribution is -2.26. The van der Waals surface area contributed by atoms with Crippen molar-refractivity contribution in [3.63, 3.8) is 0 Å². The second kappa shape index (κ2) is 5.07. The Morgan fingerprint density at radius 1 is 1.50 bits per heavy atom. The van der Waals surface area contributed by atoms with Crippen LogP contribution < -0.4 is 5.32 Å². The van der Waals surface area contributed by atoms with Gasteiger partial charge >= 0.3 is 0 Å². The Hall–Kier alpha value is -0.940. The van der Waals surface area contributed by atoms with E-state index in [1.807, 2.05) is 0 Å². The Balaban J connectivity index is 2.36. The first kappa shape index (κ1) is 11.1. The maximum Gasteiger partial charge on any atom is 0.110 e. The summed E-state index contributed by atoms with van der Waals surface area (Å²) in [6, 6.07) is 0. The number of aliphatic hydroxyl groups excluding tert-OH is 1. The van der Waals surface area contributed by atoms with Crippen LogP contribution in [0.25, 0.3) is 0 Å². The molecule has 2 N–H and O–H groups in total. The zero-order valence-electron chi connectivity index (χ0n) is 8.94. The smallest absolute Gasteiger partial charge is 0.110 e. The van der Waals surface area contributed by atoms with Crippen LogP contribution in [0.1, 0.15) is 25.6 Å². The van der Waals surface area contributed by atoms with E-state index >= 15 is 0 Å². The maximum atomic E-state index is 9.74. The third kappa shape index (κ3) is 3.08. The molecule has 0 aromatic carbocycles. The topological polar surface area (TPSA) is 63.0 Å². The minimum absolute atomic E-state index is 0.534. The molecule has 0 radical (unpaired) electrons. The van der Waals surface area contributed by atoms with Gasteiger partial charge in [0, 0.05) is 13.6 Å². The molecule has 0 bridgehead atoms. The van der Waals surface area contributed by atoms with Crippen LogP contribution in [0, 0.1) is 5.92 Å². The molecular formula is C9H18N4O. The molecular weight excluding hydrogens is 180 g/mol. The fourth-order valence-electron chi connectivity index (χ4n) is 1.21. The van der Waals surface area contributed by atoms with Gasteiger partial charge in [-0.3, -0.25) is 0 Å². The summed E-state index contributed by atoms with van der Waals surface area (Å²) >= 11 is 0. The van der Waals surface area contributed by atoms with Gasteiger partial charge in [0.15, 0.2) is 0 Å². The second-order valence-electron chi connectivity index (χ2n) is 3.85. The third-order valence-electron chi connectivity index (χ3n) is 1.98. The Bertz CT molecular complexity index is 272. The lowest BCUT2D eigenvalue weighted by atomic mass is 10.2. The van der Waals surface area contributed by atoms with E-state index in [0.29, 0.717) is 12.5 Å². The summed E-state index contributed by atoms with van der Waals surface area (Å²) in [5.74, 6) is 0.590. The highest BCUT2D eigenvalue weighted by atomic mass is 16.3. The van der Waals surface area contributed by atoms with Crippen LogP contribution in [0.15, 0.2) is 6.20 Å². The molecule has 0 saturated heterocycles. The molecule has 0 aliphatic rings. The first-order valence-corrected chi connectivity index (χ1v) is 4.84. The quantitative estimate of drug-likeness (QED) is 0.704. The monoisotopic (exact) mass is 198 g/mol. The van der Waals surface area contributed by atoms with E-state index in [0.717, 1.165) is 12.2 Å². The molecule has 1 unspecified atom stereocenters. The van der Waals surface area contributed by atoms with Crippen molar-refractivity contribution in [1.82, 2.24) is 20.3 Å². The molecule has 0 spiro atoms. The SMILES string of the molecule is CC(C)CNCC(O)c1cnnn1C.